The van der Waals surface area contributed by atoms with Crippen LogP contribution in [-0.2, 0) is 19.0 Å². The van der Waals surface area contributed by atoms with Crippen molar-refractivity contribution in [2.75, 3.05) is 0 Å². The maximum atomic E-state index is 15.0. The Morgan fingerprint density at radius 3 is 2.23 bits per heavy atom. The molecule has 3 aromatic rings. The van der Waals surface area contributed by atoms with Crippen LogP contribution >= 0.6 is 0 Å². The third kappa shape index (κ3) is 3.71. The predicted molar refractivity (Wildman–Crippen MR) is 114 cm³/mol. The van der Waals surface area contributed by atoms with Gasteiger partial charge in [-0.15, -0.1) is 0 Å². The third-order valence-electron chi connectivity index (χ3n) is 5.78. The van der Waals surface area contributed by atoms with E-state index in [9.17, 15) is 13.2 Å². The Morgan fingerprint density at radius 2 is 1.53 bits per heavy atom. The first-order valence-electron chi connectivity index (χ1n) is 10.6. The van der Waals surface area contributed by atoms with Gasteiger partial charge in [0.05, 0.1) is 5.56 Å². The minimum Gasteiger partial charge on any atom is -0.425 e. The second-order valence-corrected chi connectivity index (χ2v) is 7.80. The van der Waals surface area contributed by atoms with Crippen LogP contribution in [0.2, 0.25) is 0 Å². The van der Waals surface area contributed by atoms with Crippen LogP contribution in [-0.4, -0.2) is 0 Å². The molecule has 0 atom stereocenters. The first kappa shape index (κ1) is 20.5. The van der Waals surface area contributed by atoms with Crippen LogP contribution in [0.4, 0.5) is 13.2 Å². The van der Waals surface area contributed by atoms with E-state index >= 15 is 0 Å². The molecule has 156 valence electrons. The van der Waals surface area contributed by atoms with Crippen LogP contribution < -0.4 is 4.74 Å². The van der Waals surface area contributed by atoms with E-state index < -0.39 is 11.9 Å². The topological polar surface area (TPSA) is 9.23 Å². The lowest BCUT2D eigenvalue weighted by molar-refractivity contribution is -0.188. The van der Waals surface area contributed by atoms with Crippen LogP contribution in [0.1, 0.15) is 49.8 Å². The molecule has 1 heterocycles. The van der Waals surface area contributed by atoms with Gasteiger partial charge in [-0.05, 0) is 53.1 Å². The molecule has 0 aliphatic carbocycles. The molecule has 4 heteroatoms. The van der Waals surface area contributed by atoms with Crippen molar-refractivity contribution in [1.82, 2.24) is 0 Å². The summed E-state index contributed by atoms with van der Waals surface area (Å²) in [7, 11) is 0. The number of fused-ring (bicyclic) bond motifs is 3. The van der Waals surface area contributed by atoms with Gasteiger partial charge in [0.15, 0.2) is 11.6 Å². The Balaban J connectivity index is 1.75. The molecule has 1 aliphatic heterocycles. The Hall–Kier alpha value is -2.75. The average molecular weight is 410 g/mol. The fourth-order valence-electron chi connectivity index (χ4n) is 3.98. The van der Waals surface area contributed by atoms with E-state index in [-0.39, 0.29) is 11.3 Å². The van der Waals surface area contributed by atoms with Gasteiger partial charge < -0.3 is 4.74 Å². The number of hydrogen-bond donors (Lipinski definition) is 0. The van der Waals surface area contributed by atoms with E-state index in [2.05, 4.69) is 13.8 Å². The summed E-state index contributed by atoms with van der Waals surface area (Å²) in [4.78, 5) is 0. The van der Waals surface area contributed by atoms with Crippen molar-refractivity contribution in [1.29, 1.82) is 0 Å². The van der Waals surface area contributed by atoms with Gasteiger partial charge in [-0.2, -0.15) is 8.78 Å². The number of halogens is 3. The molecular weight excluding hydrogens is 385 g/mol. The third-order valence-corrected chi connectivity index (χ3v) is 5.78. The zero-order valence-corrected chi connectivity index (χ0v) is 17.3. The largest absolute Gasteiger partial charge is 0.427 e. The standard InChI is InChI=1S/C26H25F3O/c1-3-5-6-7-19-12-15-22-21-14-13-20(18-10-8-17(4-2)9-11-18)16-23(21)26(28,29)30-25(22)24(19)27/h8-16H,3-7H2,1-2H3. The molecule has 0 radical (unpaired) electrons. The molecule has 0 amide bonds. The lowest BCUT2D eigenvalue weighted by Crippen LogP contribution is -2.27. The van der Waals surface area contributed by atoms with Crippen LogP contribution in [0, 0.1) is 5.82 Å². The van der Waals surface area contributed by atoms with Crippen molar-refractivity contribution in [3.05, 3.63) is 77.1 Å². The molecular formula is C26H25F3O. The Bertz CT molecular complexity index is 1050. The molecule has 0 saturated carbocycles. The van der Waals surface area contributed by atoms with Crippen molar-refractivity contribution in [3.63, 3.8) is 0 Å². The van der Waals surface area contributed by atoms with Gasteiger partial charge >= 0.3 is 6.11 Å². The summed E-state index contributed by atoms with van der Waals surface area (Å²) in [6.45, 7) is 4.13. The lowest BCUT2D eigenvalue weighted by atomic mass is 9.90. The number of aryl methyl sites for hydroxylation is 2. The molecule has 0 N–H and O–H groups in total. The van der Waals surface area contributed by atoms with E-state index in [1.54, 1.807) is 24.3 Å². The molecule has 0 saturated heterocycles. The fraction of sp³-hybridized carbons (Fsp3) is 0.308. The van der Waals surface area contributed by atoms with E-state index in [1.165, 1.54) is 11.6 Å². The van der Waals surface area contributed by atoms with Crippen molar-refractivity contribution in [3.8, 4) is 28.0 Å². The van der Waals surface area contributed by atoms with Gasteiger partial charge in [-0.1, -0.05) is 75.2 Å². The van der Waals surface area contributed by atoms with E-state index in [1.807, 2.05) is 24.3 Å². The highest BCUT2D eigenvalue weighted by atomic mass is 19.3. The molecule has 0 fully saturated rings. The Labute approximate surface area is 175 Å². The number of hydrogen-bond acceptors (Lipinski definition) is 1. The van der Waals surface area contributed by atoms with Gasteiger partial charge in [-0.25, -0.2) is 4.39 Å². The minimum absolute atomic E-state index is 0.231. The van der Waals surface area contributed by atoms with Crippen molar-refractivity contribution < 1.29 is 17.9 Å². The van der Waals surface area contributed by atoms with Crippen LogP contribution in [0.15, 0.2) is 54.6 Å². The van der Waals surface area contributed by atoms with Gasteiger partial charge in [0.25, 0.3) is 0 Å². The monoisotopic (exact) mass is 410 g/mol. The molecule has 3 aromatic carbocycles. The lowest BCUT2D eigenvalue weighted by Gasteiger charge is -2.29. The maximum Gasteiger partial charge on any atom is 0.427 e. The molecule has 30 heavy (non-hydrogen) atoms. The summed E-state index contributed by atoms with van der Waals surface area (Å²) < 4.78 is 49.8. The molecule has 0 bridgehead atoms. The summed E-state index contributed by atoms with van der Waals surface area (Å²) in [6.07, 6.45) is 0.640. The van der Waals surface area contributed by atoms with Crippen molar-refractivity contribution >= 4 is 0 Å². The smallest absolute Gasteiger partial charge is 0.425 e. The van der Waals surface area contributed by atoms with Gasteiger partial charge in [0.2, 0.25) is 0 Å². The van der Waals surface area contributed by atoms with Crippen molar-refractivity contribution in [2.24, 2.45) is 0 Å². The highest BCUT2D eigenvalue weighted by Crippen LogP contribution is 2.49. The van der Waals surface area contributed by atoms with Crippen LogP contribution in [0.3, 0.4) is 0 Å². The minimum atomic E-state index is -3.59. The molecule has 1 nitrogen and oxygen atoms in total. The SMILES string of the molecule is CCCCCc1ccc2c(c1F)OC(F)(F)c1cc(-c3ccc(CC)cc3)ccc1-2. The van der Waals surface area contributed by atoms with E-state index in [0.29, 0.717) is 28.7 Å². The summed E-state index contributed by atoms with van der Waals surface area (Å²) in [5, 5.41) is 0. The Morgan fingerprint density at radius 1 is 0.833 bits per heavy atom. The van der Waals surface area contributed by atoms with Crippen LogP contribution in [0.25, 0.3) is 22.3 Å². The van der Waals surface area contributed by atoms with Crippen LogP contribution in [0.5, 0.6) is 5.75 Å². The Kier molecular flexibility index (Phi) is 5.59. The summed E-state index contributed by atoms with van der Waals surface area (Å²) in [6, 6.07) is 16.1. The summed E-state index contributed by atoms with van der Waals surface area (Å²) >= 11 is 0. The molecule has 0 spiro atoms. The number of rotatable bonds is 6. The van der Waals surface area contributed by atoms with E-state index in [0.717, 1.165) is 31.2 Å². The summed E-state index contributed by atoms with van der Waals surface area (Å²) in [5.74, 6) is -1.02. The highest BCUT2D eigenvalue weighted by molar-refractivity contribution is 5.80. The number of benzene rings is 3. The first-order chi connectivity index (χ1) is 14.4. The number of alkyl halides is 2. The summed E-state index contributed by atoms with van der Waals surface area (Å²) in [5.41, 5.74) is 3.60. The second-order valence-electron chi connectivity index (χ2n) is 7.80. The van der Waals surface area contributed by atoms with Gasteiger partial charge in [0.1, 0.15) is 0 Å². The molecule has 0 unspecified atom stereocenters. The normalized spacial score (nSPS) is 14.0. The zero-order chi connectivity index (χ0) is 21.3. The average Bonchev–Trinajstić information content (AvgIpc) is 2.76. The number of ether oxygens (including phenoxy) is 1. The number of unbranched alkanes of at least 4 members (excludes halogenated alkanes) is 2. The predicted octanol–water partition coefficient (Wildman–Crippen LogP) is 7.90. The first-order valence-corrected chi connectivity index (χ1v) is 10.6. The molecule has 1 aliphatic rings. The second kappa shape index (κ2) is 8.17. The molecule has 0 aromatic heterocycles. The van der Waals surface area contributed by atoms with E-state index in [4.69, 9.17) is 4.74 Å². The molecule has 4 rings (SSSR count). The van der Waals surface area contributed by atoms with Gasteiger partial charge in [-0.3, -0.25) is 0 Å². The highest BCUT2D eigenvalue weighted by Gasteiger charge is 2.43. The fourth-order valence-corrected chi connectivity index (χ4v) is 3.98. The van der Waals surface area contributed by atoms with Gasteiger partial charge in [0, 0.05) is 5.56 Å². The maximum absolute atomic E-state index is 15.0. The van der Waals surface area contributed by atoms with Crippen molar-refractivity contribution in [2.45, 2.75) is 52.1 Å². The quantitative estimate of drug-likeness (QED) is 0.375. The zero-order valence-electron chi connectivity index (χ0n) is 17.3.